The Morgan fingerprint density at radius 1 is 1.17 bits per heavy atom. The molecule has 1 aromatic heterocycles. The van der Waals surface area contributed by atoms with Gasteiger partial charge in [-0.1, -0.05) is 32.8 Å². The second-order valence-electron chi connectivity index (χ2n) is 6.87. The van der Waals surface area contributed by atoms with Gasteiger partial charge < -0.3 is 20.2 Å². The second-order valence-corrected chi connectivity index (χ2v) is 7.27. The third-order valence-electron chi connectivity index (χ3n) is 4.61. The maximum atomic E-state index is 11.9. The summed E-state index contributed by atoms with van der Waals surface area (Å²) in [5, 5.41) is 16.1. The van der Waals surface area contributed by atoms with Crippen molar-refractivity contribution in [2.45, 2.75) is 46.0 Å². The van der Waals surface area contributed by atoms with E-state index in [1.165, 1.54) is 6.07 Å². The van der Waals surface area contributed by atoms with Crippen LogP contribution in [0.1, 0.15) is 45.1 Å². The quantitative estimate of drug-likeness (QED) is 0.283. The van der Waals surface area contributed by atoms with Crippen molar-refractivity contribution in [2.24, 2.45) is 0 Å². The summed E-state index contributed by atoms with van der Waals surface area (Å²) in [5.74, 6) is 0.261. The third kappa shape index (κ3) is 5.32. The molecule has 7 heteroatoms. The molecular weight excluding hydrogens is 386 g/mol. The molecule has 0 spiro atoms. The molecule has 0 radical (unpaired) electrons. The smallest absolute Gasteiger partial charge is 0.231 e. The molecule has 0 aliphatic carbocycles. The van der Waals surface area contributed by atoms with Crippen LogP contribution in [0.15, 0.2) is 40.8 Å². The van der Waals surface area contributed by atoms with E-state index in [1.807, 2.05) is 18.2 Å². The lowest BCUT2D eigenvalue weighted by Gasteiger charge is -2.11. The van der Waals surface area contributed by atoms with Gasteiger partial charge in [0.2, 0.25) is 11.8 Å². The Balaban J connectivity index is 1.74. The first-order valence-electron chi connectivity index (χ1n) is 9.83. The number of nitrogens with zero attached hydrogens (tertiary/aromatic N) is 1. The van der Waals surface area contributed by atoms with E-state index >= 15 is 0 Å². The number of unbranched alkanes of at least 4 members (excludes halogenated alkanes) is 2. The number of aromatic hydroxyl groups is 1. The molecule has 1 heterocycles. The molecule has 3 aromatic rings. The number of phenolic OH excluding ortho intramolecular Hbond substituents is 1. The fourth-order valence-corrected chi connectivity index (χ4v) is 3.21. The molecule has 0 aliphatic rings. The molecule has 3 rings (SSSR count). The van der Waals surface area contributed by atoms with Gasteiger partial charge in [-0.25, -0.2) is 4.98 Å². The van der Waals surface area contributed by atoms with Crippen LogP contribution in [0.3, 0.4) is 0 Å². The molecule has 2 aromatic carbocycles. The Morgan fingerprint density at radius 2 is 2.00 bits per heavy atom. The fourth-order valence-electron chi connectivity index (χ4n) is 2.98. The molecule has 0 saturated carbocycles. The lowest BCUT2D eigenvalue weighted by atomic mass is 10.1. The summed E-state index contributed by atoms with van der Waals surface area (Å²) in [7, 11) is 0. The molecule has 6 nitrogen and oxygen atoms in total. The Labute approximate surface area is 175 Å². The summed E-state index contributed by atoms with van der Waals surface area (Å²) >= 11 is 5.22. The maximum absolute atomic E-state index is 11.9. The lowest BCUT2D eigenvalue weighted by molar-refractivity contribution is -0.119. The number of thiocarbonyl (C=S) groups is 1. The maximum Gasteiger partial charge on any atom is 0.231 e. The van der Waals surface area contributed by atoms with Gasteiger partial charge in [-0.15, -0.1) is 0 Å². The standard InChI is InChI=1S/C22H25N3O3S/c1-3-5-6-7-20(27)25-22(29)23-15-9-10-18(26)16(13-15)21-24-17-12-14(4-2)8-11-19(17)28-21/h8-13,26H,3-7H2,1-2H3,(H2,23,25,27,29). The van der Waals surface area contributed by atoms with Gasteiger partial charge in [-0.05, 0) is 61.0 Å². The number of fused-ring (bicyclic) bond motifs is 1. The highest BCUT2D eigenvalue weighted by molar-refractivity contribution is 7.80. The third-order valence-corrected chi connectivity index (χ3v) is 4.81. The summed E-state index contributed by atoms with van der Waals surface area (Å²) in [6.45, 7) is 4.17. The van der Waals surface area contributed by atoms with Gasteiger partial charge >= 0.3 is 0 Å². The largest absolute Gasteiger partial charge is 0.507 e. The van der Waals surface area contributed by atoms with Crippen molar-refractivity contribution < 1.29 is 14.3 Å². The summed E-state index contributed by atoms with van der Waals surface area (Å²) in [6, 6.07) is 10.8. The van der Waals surface area contributed by atoms with Crippen LogP contribution in [0.2, 0.25) is 0 Å². The van der Waals surface area contributed by atoms with Gasteiger partial charge in [0.25, 0.3) is 0 Å². The predicted molar refractivity (Wildman–Crippen MR) is 119 cm³/mol. The molecule has 0 atom stereocenters. The molecule has 0 fully saturated rings. The molecule has 29 heavy (non-hydrogen) atoms. The van der Waals surface area contributed by atoms with E-state index in [0.717, 1.165) is 36.8 Å². The van der Waals surface area contributed by atoms with Crippen LogP contribution >= 0.6 is 12.2 Å². The highest BCUT2D eigenvalue weighted by Gasteiger charge is 2.14. The van der Waals surface area contributed by atoms with E-state index < -0.39 is 0 Å². The van der Waals surface area contributed by atoms with Crippen LogP contribution in [0, 0.1) is 0 Å². The van der Waals surface area contributed by atoms with Crippen molar-refractivity contribution >= 4 is 40.0 Å². The van der Waals surface area contributed by atoms with Gasteiger partial charge in [0.05, 0.1) is 5.56 Å². The summed E-state index contributed by atoms with van der Waals surface area (Å²) in [5.41, 5.74) is 3.63. The number of carbonyl (C=O) groups is 1. The molecule has 0 bridgehead atoms. The van der Waals surface area contributed by atoms with E-state index in [0.29, 0.717) is 29.1 Å². The summed E-state index contributed by atoms with van der Waals surface area (Å²) < 4.78 is 5.81. The number of rotatable bonds is 7. The number of amides is 1. The summed E-state index contributed by atoms with van der Waals surface area (Å²) in [6.07, 6.45) is 4.26. The molecule has 0 unspecified atom stereocenters. The van der Waals surface area contributed by atoms with Gasteiger partial charge in [0, 0.05) is 12.1 Å². The number of nitrogens with one attached hydrogen (secondary N) is 2. The van der Waals surface area contributed by atoms with Crippen molar-refractivity contribution in [1.82, 2.24) is 10.3 Å². The molecule has 1 amide bonds. The second kappa shape index (κ2) is 9.52. The number of benzene rings is 2. The van der Waals surface area contributed by atoms with Gasteiger partial charge in [-0.2, -0.15) is 0 Å². The Bertz CT molecular complexity index is 1030. The SMILES string of the molecule is CCCCCC(=O)NC(=S)Nc1ccc(O)c(-c2nc3cc(CC)ccc3o2)c1. The Kier molecular flexibility index (Phi) is 6.82. The van der Waals surface area contributed by atoms with Gasteiger partial charge in [-0.3, -0.25) is 4.79 Å². The van der Waals surface area contributed by atoms with Crippen LogP contribution in [-0.4, -0.2) is 21.1 Å². The zero-order chi connectivity index (χ0) is 20.8. The van der Waals surface area contributed by atoms with E-state index in [-0.39, 0.29) is 16.8 Å². The normalized spacial score (nSPS) is 10.8. The first-order valence-corrected chi connectivity index (χ1v) is 10.2. The number of aromatic nitrogens is 1. The number of carbonyl (C=O) groups excluding carboxylic acids is 1. The Morgan fingerprint density at radius 3 is 2.76 bits per heavy atom. The fraction of sp³-hybridized carbons (Fsp3) is 0.318. The number of hydrogen-bond donors (Lipinski definition) is 3. The van der Waals surface area contributed by atoms with Crippen molar-refractivity contribution in [3.05, 3.63) is 42.0 Å². The average Bonchev–Trinajstić information content (AvgIpc) is 3.12. The minimum atomic E-state index is -0.111. The van der Waals surface area contributed by atoms with E-state index in [9.17, 15) is 9.90 Å². The number of anilines is 1. The number of phenols is 1. The van der Waals surface area contributed by atoms with Gasteiger partial charge in [0.1, 0.15) is 11.3 Å². The zero-order valence-electron chi connectivity index (χ0n) is 16.6. The van der Waals surface area contributed by atoms with Crippen LogP contribution in [0.25, 0.3) is 22.6 Å². The average molecular weight is 412 g/mol. The van der Waals surface area contributed by atoms with Crippen molar-refractivity contribution in [1.29, 1.82) is 0 Å². The van der Waals surface area contributed by atoms with Crippen LogP contribution in [0.4, 0.5) is 5.69 Å². The first-order chi connectivity index (χ1) is 14.0. The van der Waals surface area contributed by atoms with Crippen LogP contribution in [-0.2, 0) is 11.2 Å². The highest BCUT2D eigenvalue weighted by Crippen LogP contribution is 2.33. The van der Waals surface area contributed by atoms with E-state index in [4.69, 9.17) is 16.6 Å². The number of oxazole rings is 1. The molecular formula is C22H25N3O3S. The predicted octanol–water partition coefficient (Wildman–Crippen LogP) is 5.16. The van der Waals surface area contributed by atoms with Gasteiger partial charge in [0.15, 0.2) is 10.7 Å². The molecule has 152 valence electrons. The van der Waals surface area contributed by atoms with Crippen molar-refractivity contribution in [2.75, 3.05) is 5.32 Å². The number of aryl methyl sites for hydroxylation is 1. The zero-order valence-corrected chi connectivity index (χ0v) is 17.4. The lowest BCUT2D eigenvalue weighted by Crippen LogP contribution is -2.33. The van der Waals surface area contributed by atoms with Crippen LogP contribution < -0.4 is 10.6 Å². The number of hydrogen-bond acceptors (Lipinski definition) is 5. The van der Waals surface area contributed by atoms with E-state index in [2.05, 4.69) is 29.5 Å². The minimum absolute atomic E-state index is 0.0485. The monoisotopic (exact) mass is 411 g/mol. The topological polar surface area (TPSA) is 87.4 Å². The minimum Gasteiger partial charge on any atom is -0.507 e. The van der Waals surface area contributed by atoms with E-state index in [1.54, 1.807) is 12.1 Å². The van der Waals surface area contributed by atoms with Crippen molar-refractivity contribution in [3.63, 3.8) is 0 Å². The Hall–Kier alpha value is -2.93. The molecule has 0 aliphatic heterocycles. The van der Waals surface area contributed by atoms with Crippen molar-refractivity contribution in [3.8, 4) is 17.2 Å². The van der Waals surface area contributed by atoms with Crippen LogP contribution in [0.5, 0.6) is 5.75 Å². The first kappa shape index (κ1) is 20.8. The highest BCUT2D eigenvalue weighted by atomic mass is 32.1. The molecule has 0 saturated heterocycles. The molecule has 3 N–H and O–H groups in total. The summed E-state index contributed by atoms with van der Waals surface area (Å²) in [4.78, 5) is 16.4.